The van der Waals surface area contributed by atoms with Gasteiger partial charge in [-0.15, -0.1) is 0 Å². The Morgan fingerprint density at radius 1 is 1.25 bits per heavy atom. The van der Waals surface area contributed by atoms with E-state index in [1.165, 1.54) is 0 Å². The second kappa shape index (κ2) is 6.04. The van der Waals surface area contributed by atoms with Crippen LogP contribution in [-0.4, -0.2) is 10.9 Å². The lowest BCUT2D eigenvalue weighted by molar-refractivity contribution is -0.123. The van der Waals surface area contributed by atoms with Gasteiger partial charge in [0.15, 0.2) is 0 Å². The molecule has 0 unspecified atom stereocenters. The summed E-state index contributed by atoms with van der Waals surface area (Å²) in [5.41, 5.74) is 1.55. The summed E-state index contributed by atoms with van der Waals surface area (Å²) < 4.78 is 0. The molecule has 20 heavy (non-hydrogen) atoms. The van der Waals surface area contributed by atoms with Crippen LogP contribution >= 0.6 is 0 Å². The second-order valence-electron chi connectivity index (χ2n) is 5.65. The summed E-state index contributed by atoms with van der Waals surface area (Å²) in [4.78, 5) is 16.9. The fraction of sp³-hybridized carbons (Fsp3) is 0.562. The van der Waals surface area contributed by atoms with Crippen LogP contribution in [0.3, 0.4) is 0 Å². The average molecular weight is 271 g/mol. The highest BCUT2D eigenvalue weighted by atomic mass is 16.2. The van der Waals surface area contributed by atoms with E-state index in [0.717, 1.165) is 37.1 Å². The van der Waals surface area contributed by atoms with Gasteiger partial charge in [-0.3, -0.25) is 9.78 Å². The predicted octanol–water partition coefficient (Wildman–Crippen LogP) is 3.50. The van der Waals surface area contributed by atoms with Gasteiger partial charge in [-0.25, -0.2) is 0 Å². The smallest absolute Gasteiger partial charge is 0.244 e. The van der Waals surface area contributed by atoms with Crippen molar-refractivity contribution in [3.05, 3.63) is 23.5 Å². The molecular weight excluding hydrogens is 250 g/mol. The predicted molar refractivity (Wildman–Crippen MR) is 78.1 cm³/mol. The van der Waals surface area contributed by atoms with Crippen LogP contribution < -0.4 is 5.32 Å². The van der Waals surface area contributed by atoms with Crippen molar-refractivity contribution >= 4 is 11.6 Å². The molecule has 1 N–H and O–H groups in total. The van der Waals surface area contributed by atoms with Crippen LogP contribution in [0.2, 0.25) is 0 Å². The van der Waals surface area contributed by atoms with Crippen molar-refractivity contribution in [1.29, 1.82) is 5.26 Å². The van der Waals surface area contributed by atoms with Crippen LogP contribution in [0.1, 0.15) is 49.9 Å². The van der Waals surface area contributed by atoms with Gasteiger partial charge in [0.2, 0.25) is 5.91 Å². The van der Waals surface area contributed by atoms with E-state index < -0.39 is 5.41 Å². The van der Waals surface area contributed by atoms with Crippen molar-refractivity contribution in [3.63, 3.8) is 0 Å². The molecule has 1 amide bonds. The molecule has 0 bridgehead atoms. The summed E-state index contributed by atoms with van der Waals surface area (Å²) in [5.74, 6) is -0.171. The molecule has 0 spiro atoms. The van der Waals surface area contributed by atoms with Crippen molar-refractivity contribution in [1.82, 2.24) is 4.98 Å². The Morgan fingerprint density at radius 3 is 2.45 bits per heavy atom. The van der Waals surface area contributed by atoms with E-state index in [4.69, 9.17) is 0 Å². The number of amides is 1. The molecule has 4 heteroatoms. The molecule has 0 aliphatic heterocycles. The maximum Gasteiger partial charge on any atom is 0.244 e. The number of anilines is 1. The highest BCUT2D eigenvalue weighted by Crippen LogP contribution is 2.35. The van der Waals surface area contributed by atoms with E-state index in [1.807, 2.05) is 26.0 Å². The maximum absolute atomic E-state index is 12.5. The number of rotatable bonds is 2. The molecule has 1 aromatic heterocycles. The number of hydrogen-bond acceptors (Lipinski definition) is 3. The summed E-state index contributed by atoms with van der Waals surface area (Å²) in [6.45, 7) is 3.79. The molecular formula is C16H21N3O. The van der Waals surface area contributed by atoms with Gasteiger partial charge in [-0.2, -0.15) is 5.26 Å². The number of nitrogens with one attached hydrogen (secondary N) is 1. The van der Waals surface area contributed by atoms with Crippen LogP contribution in [0.15, 0.2) is 12.1 Å². The van der Waals surface area contributed by atoms with Gasteiger partial charge in [-0.1, -0.05) is 25.7 Å². The number of carbonyl (C=O) groups excluding carboxylic acids is 1. The Hall–Kier alpha value is -1.89. The molecule has 0 radical (unpaired) electrons. The van der Waals surface area contributed by atoms with Crippen LogP contribution in [0.5, 0.6) is 0 Å². The third kappa shape index (κ3) is 2.98. The van der Waals surface area contributed by atoms with E-state index in [1.54, 1.807) is 0 Å². The zero-order chi connectivity index (χ0) is 14.6. The van der Waals surface area contributed by atoms with Gasteiger partial charge in [-0.05, 0) is 38.8 Å². The van der Waals surface area contributed by atoms with E-state index in [0.29, 0.717) is 18.5 Å². The van der Waals surface area contributed by atoms with Crippen LogP contribution in [0.25, 0.3) is 0 Å². The Kier molecular flexibility index (Phi) is 4.39. The van der Waals surface area contributed by atoms with Gasteiger partial charge in [0.05, 0.1) is 17.5 Å². The molecule has 4 nitrogen and oxygen atoms in total. The quantitative estimate of drug-likeness (QED) is 0.837. The molecule has 2 rings (SSSR count). The lowest BCUT2D eigenvalue weighted by Crippen LogP contribution is -2.34. The first-order valence-electron chi connectivity index (χ1n) is 7.24. The first-order chi connectivity index (χ1) is 9.57. The third-order valence-electron chi connectivity index (χ3n) is 4.08. The number of nitriles is 1. The van der Waals surface area contributed by atoms with Gasteiger partial charge in [0.1, 0.15) is 5.41 Å². The lowest BCUT2D eigenvalue weighted by Gasteiger charge is -2.24. The number of nitrogens with zero attached hydrogens (tertiary/aromatic N) is 2. The van der Waals surface area contributed by atoms with E-state index in [9.17, 15) is 10.1 Å². The summed E-state index contributed by atoms with van der Waals surface area (Å²) in [7, 11) is 0. The molecule has 1 aliphatic carbocycles. The summed E-state index contributed by atoms with van der Waals surface area (Å²) in [5, 5.41) is 12.4. The third-order valence-corrected chi connectivity index (χ3v) is 4.08. The van der Waals surface area contributed by atoms with Crippen molar-refractivity contribution in [2.75, 3.05) is 5.32 Å². The molecule has 1 fully saturated rings. The van der Waals surface area contributed by atoms with Crippen molar-refractivity contribution in [2.24, 2.45) is 5.41 Å². The normalized spacial score (nSPS) is 17.9. The van der Waals surface area contributed by atoms with Gasteiger partial charge < -0.3 is 5.32 Å². The second-order valence-corrected chi connectivity index (χ2v) is 5.65. The zero-order valence-corrected chi connectivity index (χ0v) is 12.2. The fourth-order valence-corrected chi connectivity index (χ4v) is 2.78. The highest BCUT2D eigenvalue weighted by Gasteiger charge is 2.39. The van der Waals surface area contributed by atoms with Crippen molar-refractivity contribution in [2.45, 2.75) is 52.4 Å². The van der Waals surface area contributed by atoms with E-state index >= 15 is 0 Å². The van der Waals surface area contributed by atoms with Crippen LogP contribution in [-0.2, 0) is 4.79 Å². The number of carbonyl (C=O) groups is 1. The van der Waals surface area contributed by atoms with E-state index in [-0.39, 0.29) is 5.91 Å². The summed E-state index contributed by atoms with van der Waals surface area (Å²) >= 11 is 0. The standard InChI is InChI=1S/C16H21N3O/c1-12-7-8-14(13(2)18-12)19-15(20)16(11-17)9-5-3-4-6-10-16/h7-8H,3-6,9-10H2,1-2H3,(H,19,20). The number of aryl methyl sites for hydroxylation is 2. The molecule has 1 aromatic rings. The molecule has 0 atom stereocenters. The number of aromatic nitrogens is 1. The number of hydrogen-bond donors (Lipinski definition) is 1. The Morgan fingerprint density at radius 2 is 1.90 bits per heavy atom. The minimum Gasteiger partial charge on any atom is -0.323 e. The summed E-state index contributed by atoms with van der Waals surface area (Å²) in [6.07, 6.45) is 5.45. The Bertz CT molecular complexity index is 537. The highest BCUT2D eigenvalue weighted by molar-refractivity contribution is 5.97. The molecule has 0 aromatic carbocycles. The van der Waals surface area contributed by atoms with Gasteiger partial charge in [0, 0.05) is 5.69 Å². The number of pyridine rings is 1. The minimum absolute atomic E-state index is 0.171. The Balaban J connectivity index is 2.19. The maximum atomic E-state index is 12.5. The summed E-state index contributed by atoms with van der Waals surface area (Å²) in [6, 6.07) is 6.00. The first kappa shape index (κ1) is 14.5. The van der Waals surface area contributed by atoms with Gasteiger partial charge in [0.25, 0.3) is 0 Å². The zero-order valence-electron chi connectivity index (χ0n) is 12.2. The van der Waals surface area contributed by atoms with E-state index in [2.05, 4.69) is 16.4 Å². The molecule has 1 aliphatic rings. The largest absolute Gasteiger partial charge is 0.323 e. The average Bonchev–Trinajstić information content (AvgIpc) is 2.68. The lowest BCUT2D eigenvalue weighted by atomic mass is 9.81. The molecule has 106 valence electrons. The SMILES string of the molecule is Cc1ccc(NC(=O)C2(C#N)CCCCCC2)c(C)n1. The van der Waals surface area contributed by atoms with Crippen molar-refractivity contribution < 1.29 is 4.79 Å². The van der Waals surface area contributed by atoms with Crippen molar-refractivity contribution in [3.8, 4) is 6.07 Å². The monoisotopic (exact) mass is 271 g/mol. The fourth-order valence-electron chi connectivity index (χ4n) is 2.78. The Labute approximate surface area is 120 Å². The first-order valence-corrected chi connectivity index (χ1v) is 7.24. The molecule has 1 heterocycles. The molecule has 1 saturated carbocycles. The van der Waals surface area contributed by atoms with Crippen LogP contribution in [0, 0.1) is 30.6 Å². The minimum atomic E-state index is -0.867. The molecule has 0 saturated heterocycles. The van der Waals surface area contributed by atoms with Crippen LogP contribution in [0.4, 0.5) is 5.69 Å². The topological polar surface area (TPSA) is 65.8 Å². The van der Waals surface area contributed by atoms with Gasteiger partial charge >= 0.3 is 0 Å².